The van der Waals surface area contributed by atoms with Gasteiger partial charge >= 0.3 is 0 Å². The maximum atomic E-state index is 12.9. The van der Waals surface area contributed by atoms with Crippen molar-refractivity contribution >= 4 is 5.91 Å². The molecule has 0 fully saturated rings. The van der Waals surface area contributed by atoms with Crippen molar-refractivity contribution in [3.05, 3.63) is 65.7 Å². The number of benzene rings is 2. The third-order valence-corrected chi connectivity index (χ3v) is 4.56. The normalized spacial score (nSPS) is 17.1. The van der Waals surface area contributed by atoms with Crippen LogP contribution in [0.1, 0.15) is 49.2 Å². The second-order valence-electron chi connectivity index (χ2n) is 7.77. The molecule has 0 radical (unpaired) electrons. The summed E-state index contributed by atoms with van der Waals surface area (Å²) in [6, 6.07) is 12.7. The van der Waals surface area contributed by atoms with Gasteiger partial charge < -0.3 is 19.5 Å². The van der Waals surface area contributed by atoms with Crippen LogP contribution in [0, 0.1) is 0 Å². The van der Waals surface area contributed by atoms with Crippen LogP contribution in [-0.4, -0.2) is 25.2 Å². The highest BCUT2D eigenvalue weighted by atomic mass is 16.5. The van der Waals surface area contributed by atoms with Crippen LogP contribution in [0.15, 0.2) is 54.6 Å². The molecule has 28 heavy (non-hydrogen) atoms. The molecule has 3 rings (SSSR count). The summed E-state index contributed by atoms with van der Waals surface area (Å²) in [6.45, 7) is 10.2. The van der Waals surface area contributed by atoms with Gasteiger partial charge in [-0.1, -0.05) is 12.6 Å². The molecule has 0 saturated carbocycles. The highest BCUT2D eigenvalue weighted by Gasteiger charge is 2.35. The molecule has 1 unspecified atom stereocenters. The van der Waals surface area contributed by atoms with Crippen molar-refractivity contribution in [2.75, 3.05) is 13.7 Å². The number of amides is 1. The van der Waals surface area contributed by atoms with Gasteiger partial charge in [0.1, 0.15) is 29.5 Å². The van der Waals surface area contributed by atoms with Crippen LogP contribution in [0.2, 0.25) is 0 Å². The van der Waals surface area contributed by atoms with Crippen LogP contribution in [-0.2, 0) is 0 Å². The Morgan fingerprint density at radius 2 is 2.04 bits per heavy atom. The second kappa shape index (κ2) is 7.97. The van der Waals surface area contributed by atoms with E-state index in [-0.39, 0.29) is 17.6 Å². The number of rotatable bonds is 6. The van der Waals surface area contributed by atoms with Crippen molar-refractivity contribution in [1.29, 1.82) is 0 Å². The van der Waals surface area contributed by atoms with Gasteiger partial charge in [0.2, 0.25) is 0 Å². The minimum absolute atomic E-state index is 0.155. The highest BCUT2D eigenvalue weighted by molar-refractivity contribution is 5.95. The number of carbonyl (C=O) groups excluding carboxylic acids is 1. The van der Waals surface area contributed by atoms with E-state index >= 15 is 0 Å². The maximum Gasteiger partial charge on any atom is 0.251 e. The number of hydrogen-bond acceptors (Lipinski definition) is 4. The van der Waals surface area contributed by atoms with Crippen LogP contribution in [0.3, 0.4) is 0 Å². The number of nitrogens with one attached hydrogen (secondary N) is 1. The minimum atomic E-state index is -0.383. The molecular formula is C23H27NO4. The van der Waals surface area contributed by atoms with Gasteiger partial charge in [0.25, 0.3) is 5.91 Å². The maximum absolute atomic E-state index is 12.9. The van der Waals surface area contributed by atoms with Gasteiger partial charge in [0.05, 0.1) is 13.2 Å². The number of methoxy groups -OCH3 is 1. The van der Waals surface area contributed by atoms with Crippen LogP contribution in [0.5, 0.6) is 17.2 Å². The number of hydrogen-bond donors (Lipinski definition) is 1. The SMILES string of the molecule is C=C(C)COc1cccc(C(=O)NC2CC(C)(C)Oc3ccc(OC)cc32)c1. The average molecular weight is 381 g/mol. The molecule has 148 valence electrons. The number of ether oxygens (including phenoxy) is 3. The Morgan fingerprint density at radius 1 is 1.25 bits per heavy atom. The van der Waals surface area contributed by atoms with Crippen LogP contribution < -0.4 is 19.5 Å². The largest absolute Gasteiger partial charge is 0.497 e. The summed E-state index contributed by atoms with van der Waals surface area (Å²) in [4.78, 5) is 12.9. The summed E-state index contributed by atoms with van der Waals surface area (Å²) >= 11 is 0. The molecule has 1 aliphatic rings. The summed E-state index contributed by atoms with van der Waals surface area (Å²) < 4.78 is 17.1. The van der Waals surface area contributed by atoms with E-state index in [1.165, 1.54) is 0 Å². The molecule has 1 aliphatic heterocycles. The fourth-order valence-electron chi connectivity index (χ4n) is 3.26. The van der Waals surface area contributed by atoms with Gasteiger partial charge in [-0.05, 0) is 62.7 Å². The molecule has 0 aliphatic carbocycles. The molecule has 1 atom stereocenters. The van der Waals surface area contributed by atoms with Crippen LogP contribution in [0.4, 0.5) is 0 Å². The lowest BCUT2D eigenvalue weighted by Crippen LogP contribution is -2.41. The summed E-state index contributed by atoms with van der Waals surface area (Å²) in [5.74, 6) is 1.99. The van der Waals surface area contributed by atoms with Gasteiger partial charge in [0, 0.05) is 17.5 Å². The minimum Gasteiger partial charge on any atom is -0.497 e. The van der Waals surface area contributed by atoms with Gasteiger partial charge in [-0.15, -0.1) is 0 Å². The van der Waals surface area contributed by atoms with Crippen molar-refractivity contribution in [2.24, 2.45) is 0 Å². The predicted molar refractivity (Wildman–Crippen MR) is 109 cm³/mol. The van der Waals surface area contributed by atoms with Gasteiger partial charge in [-0.3, -0.25) is 4.79 Å². The van der Waals surface area contributed by atoms with Gasteiger partial charge in [-0.25, -0.2) is 0 Å². The zero-order valence-electron chi connectivity index (χ0n) is 16.9. The second-order valence-corrected chi connectivity index (χ2v) is 7.77. The van der Waals surface area contributed by atoms with E-state index in [1.807, 2.05) is 51.1 Å². The molecule has 2 aromatic carbocycles. The predicted octanol–water partition coefficient (Wildman–Crippen LogP) is 4.68. The summed E-state index contributed by atoms with van der Waals surface area (Å²) in [5.41, 5.74) is 2.01. The first-order valence-corrected chi connectivity index (χ1v) is 9.32. The Bertz CT molecular complexity index is 888. The van der Waals surface area contributed by atoms with E-state index in [4.69, 9.17) is 14.2 Å². The van der Waals surface area contributed by atoms with Crippen molar-refractivity contribution in [2.45, 2.75) is 38.8 Å². The molecule has 0 spiro atoms. The van der Waals surface area contributed by atoms with Crippen molar-refractivity contribution in [3.8, 4) is 17.2 Å². The Labute approximate surface area is 166 Å². The standard InChI is InChI=1S/C23H27NO4/c1-15(2)14-27-18-8-6-7-16(11-18)22(25)24-20-13-23(3,4)28-21-10-9-17(26-5)12-19(20)21/h6-12,20H,1,13-14H2,2-5H3,(H,24,25). The van der Waals surface area contributed by atoms with Crippen molar-refractivity contribution in [3.63, 3.8) is 0 Å². The molecule has 0 bridgehead atoms. The quantitative estimate of drug-likeness (QED) is 0.738. The van der Waals surface area contributed by atoms with Crippen LogP contribution in [0.25, 0.3) is 0 Å². The van der Waals surface area contributed by atoms with E-state index in [2.05, 4.69) is 11.9 Å². The van der Waals surface area contributed by atoms with Crippen LogP contribution >= 0.6 is 0 Å². The number of carbonyl (C=O) groups is 1. The first-order chi connectivity index (χ1) is 13.3. The topological polar surface area (TPSA) is 56.8 Å². The lowest BCUT2D eigenvalue weighted by molar-refractivity contribution is 0.0618. The zero-order valence-corrected chi connectivity index (χ0v) is 16.9. The summed E-state index contributed by atoms with van der Waals surface area (Å²) in [5, 5.41) is 3.14. The molecule has 0 aromatic heterocycles. The smallest absolute Gasteiger partial charge is 0.251 e. The average Bonchev–Trinajstić information content (AvgIpc) is 2.65. The molecule has 1 amide bonds. The Hall–Kier alpha value is -2.95. The molecule has 2 aromatic rings. The lowest BCUT2D eigenvalue weighted by atomic mass is 9.89. The first kappa shape index (κ1) is 19.8. The third kappa shape index (κ3) is 4.66. The first-order valence-electron chi connectivity index (χ1n) is 9.32. The lowest BCUT2D eigenvalue weighted by Gasteiger charge is -2.38. The molecule has 1 N–H and O–H groups in total. The molecular weight excluding hydrogens is 354 g/mol. The Morgan fingerprint density at radius 3 is 2.75 bits per heavy atom. The monoisotopic (exact) mass is 381 g/mol. The zero-order chi connectivity index (χ0) is 20.3. The van der Waals surface area contributed by atoms with Gasteiger partial charge in [0.15, 0.2) is 0 Å². The van der Waals surface area contributed by atoms with E-state index < -0.39 is 0 Å². The fraction of sp³-hybridized carbons (Fsp3) is 0.348. The summed E-state index contributed by atoms with van der Waals surface area (Å²) in [6.07, 6.45) is 0.657. The van der Waals surface area contributed by atoms with E-state index in [0.717, 1.165) is 22.6 Å². The molecule has 5 nitrogen and oxygen atoms in total. The highest BCUT2D eigenvalue weighted by Crippen LogP contribution is 2.41. The van der Waals surface area contributed by atoms with E-state index in [9.17, 15) is 4.79 Å². The number of fused-ring (bicyclic) bond motifs is 1. The molecule has 5 heteroatoms. The Balaban J connectivity index is 1.82. The molecule has 0 saturated heterocycles. The van der Waals surface area contributed by atoms with E-state index in [0.29, 0.717) is 24.3 Å². The Kier molecular flexibility index (Phi) is 5.63. The van der Waals surface area contributed by atoms with Crippen molar-refractivity contribution < 1.29 is 19.0 Å². The fourth-order valence-corrected chi connectivity index (χ4v) is 3.26. The van der Waals surface area contributed by atoms with Gasteiger partial charge in [-0.2, -0.15) is 0 Å². The summed E-state index contributed by atoms with van der Waals surface area (Å²) in [7, 11) is 1.62. The third-order valence-electron chi connectivity index (χ3n) is 4.56. The molecule has 1 heterocycles. The van der Waals surface area contributed by atoms with Crippen molar-refractivity contribution in [1.82, 2.24) is 5.32 Å². The van der Waals surface area contributed by atoms with E-state index in [1.54, 1.807) is 19.2 Å².